The Hall–Kier alpha value is -1.86. The molecular formula is C13H16N6S. The lowest BCUT2D eigenvalue weighted by Gasteiger charge is -2.23. The summed E-state index contributed by atoms with van der Waals surface area (Å²) in [6.45, 7) is 4.12. The number of hydrogen-bond donors (Lipinski definition) is 2. The van der Waals surface area contributed by atoms with E-state index < -0.39 is 0 Å². The number of thioether (sulfide) groups is 1. The monoisotopic (exact) mass is 288 g/mol. The lowest BCUT2D eigenvalue weighted by atomic mass is 10.2. The molecule has 104 valence electrons. The molecule has 0 spiro atoms. The Morgan fingerprint density at radius 3 is 3.05 bits per heavy atom. The van der Waals surface area contributed by atoms with Crippen LogP contribution in [0.4, 0.5) is 5.95 Å². The maximum absolute atomic E-state index is 6.23. The Kier molecular flexibility index (Phi) is 3.45. The molecule has 0 radical (unpaired) electrons. The van der Waals surface area contributed by atoms with E-state index in [-0.39, 0.29) is 5.50 Å². The minimum Gasteiger partial charge on any atom is -0.302 e. The Bertz CT molecular complexity index is 636. The molecule has 3 N–H and O–H groups in total. The van der Waals surface area contributed by atoms with Gasteiger partial charge in [0.25, 0.3) is 0 Å². The van der Waals surface area contributed by atoms with Crippen molar-refractivity contribution in [1.29, 1.82) is 0 Å². The van der Waals surface area contributed by atoms with Gasteiger partial charge in [0.15, 0.2) is 0 Å². The number of rotatable bonds is 3. The Morgan fingerprint density at radius 1 is 1.50 bits per heavy atom. The van der Waals surface area contributed by atoms with E-state index in [0.29, 0.717) is 5.95 Å². The number of aromatic amines is 1. The predicted molar refractivity (Wildman–Crippen MR) is 80.6 cm³/mol. The van der Waals surface area contributed by atoms with Crippen molar-refractivity contribution in [2.75, 3.05) is 4.90 Å². The van der Waals surface area contributed by atoms with E-state index in [4.69, 9.17) is 5.73 Å². The fraction of sp³-hybridized carbons (Fsp3) is 0.308. The van der Waals surface area contributed by atoms with E-state index >= 15 is 0 Å². The van der Waals surface area contributed by atoms with Gasteiger partial charge in [0.1, 0.15) is 5.50 Å². The molecule has 6 nitrogen and oxygen atoms in total. The minimum atomic E-state index is -0.216. The lowest BCUT2D eigenvalue weighted by Crippen LogP contribution is -2.36. The summed E-state index contributed by atoms with van der Waals surface area (Å²) >= 11 is 1.60. The first kappa shape index (κ1) is 13.1. The predicted octanol–water partition coefficient (Wildman–Crippen LogP) is 1.95. The largest absolute Gasteiger partial charge is 0.302 e. The first-order valence-electron chi connectivity index (χ1n) is 6.44. The second-order valence-corrected chi connectivity index (χ2v) is 5.80. The molecule has 7 heteroatoms. The fourth-order valence-electron chi connectivity index (χ4n) is 2.22. The zero-order chi connectivity index (χ0) is 14.1. The molecule has 0 fully saturated rings. The average molecular weight is 288 g/mol. The molecule has 3 rings (SSSR count). The van der Waals surface area contributed by atoms with Gasteiger partial charge in [-0.25, -0.2) is 9.97 Å². The zero-order valence-electron chi connectivity index (χ0n) is 11.4. The van der Waals surface area contributed by atoms with Crippen molar-refractivity contribution in [3.05, 3.63) is 40.8 Å². The highest BCUT2D eigenvalue weighted by molar-refractivity contribution is 8.04. The van der Waals surface area contributed by atoms with Gasteiger partial charge < -0.3 is 5.73 Å². The summed E-state index contributed by atoms with van der Waals surface area (Å²) in [7, 11) is 0. The van der Waals surface area contributed by atoms with Crippen LogP contribution in [0.25, 0.3) is 5.70 Å². The molecule has 1 unspecified atom stereocenters. The summed E-state index contributed by atoms with van der Waals surface area (Å²) in [4.78, 5) is 12.1. The molecule has 2 aromatic rings. The molecule has 3 heterocycles. The molecular weight excluding hydrogens is 272 g/mol. The van der Waals surface area contributed by atoms with Crippen molar-refractivity contribution in [2.24, 2.45) is 5.73 Å². The number of aromatic nitrogens is 4. The first-order chi connectivity index (χ1) is 9.70. The summed E-state index contributed by atoms with van der Waals surface area (Å²) in [5.74, 6) is 0.636. The molecule has 0 amide bonds. The van der Waals surface area contributed by atoms with E-state index in [0.717, 1.165) is 28.3 Å². The highest BCUT2D eigenvalue weighted by Crippen LogP contribution is 2.41. The van der Waals surface area contributed by atoms with Crippen LogP contribution in [-0.2, 0) is 6.42 Å². The second kappa shape index (κ2) is 5.26. The van der Waals surface area contributed by atoms with E-state index in [1.807, 2.05) is 17.2 Å². The van der Waals surface area contributed by atoms with Crippen LogP contribution in [0.1, 0.15) is 25.1 Å². The number of allylic oxidation sites excluding steroid dienone is 1. The van der Waals surface area contributed by atoms with Crippen LogP contribution >= 0.6 is 11.8 Å². The molecule has 2 aromatic heterocycles. The Morgan fingerprint density at radius 2 is 2.35 bits per heavy atom. The van der Waals surface area contributed by atoms with Crippen molar-refractivity contribution in [1.82, 2.24) is 20.2 Å². The normalized spacial score (nSPS) is 18.9. The standard InChI is InChI=1S/C13H16N6S/c1-3-10-4-5-15-13(18-10)19-11(8(2)20-12(19)14)9-6-16-17-7-9/h4-7,12H,3,14H2,1-2H3,(H,16,17). The number of hydrogen-bond acceptors (Lipinski definition) is 6. The van der Waals surface area contributed by atoms with Crippen molar-refractivity contribution < 1.29 is 0 Å². The molecule has 1 aliphatic heterocycles. The number of nitrogens with zero attached hydrogens (tertiary/aromatic N) is 4. The van der Waals surface area contributed by atoms with E-state index in [1.54, 1.807) is 24.2 Å². The lowest BCUT2D eigenvalue weighted by molar-refractivity contribution is 0.869. The van der Waals surface area contributed by atoms with Crippen LogP contribution in [-0.4, -0.2) is 25.7 Å². The van der Waals surface area contributed by atoms with Crippen molar-refractivity contribution in [2.45, 2.75) is 25.8 Å². The summed E-state index contributed by atoms with van der Waals surface area (Å²) in [5, 5.41) is 6.85. The van der Waals surface area contributed by atoms with Crippen molar-refractivity contribution in [3.63, 3.8) is 0 Å². The Balaban J connectivity index is 2.06. The summed E-state index contributed by atoms with van der Waals surface area (Å²) in [6.07, 6.45) is 6.29. The smallest absolute Gasteiger partial charge is 0.232 e. The van der Waals surface area contributed by atoms with Crippen molar-refractivity contribution >= 4 is 23.4 Å². The zero-order valence-corrected chi connectivity index (χ0v) is 12.2. The maximum Gasteiger partial charge on any atom is 0.232 e. The third-order valence-electron chi connectivity index (χ3n) is 3.18. The van der Waals surface area contributed by atoms with Gasteiger partial charge in [0, 0.05) is 28.6 Å². The Labute approximate surface area is 121 Å². The van der Waals surface area contributed by atoms with Gasteiger partial charge in [-0.15, -0.1) is 0 Å². The van der Waals surface area contributed by atoms with E-state index in [9.17, 15) is 0 Å². The number of nitrogens with one attached hydrogen (secondary N) is 1. The molecule has 0 aliphatic carbocycles. The van der Waals surface area contributed by atoms with Crippen LogP contribution in [0.5, 0.6) is 0 Å². The van der Waals surface area contributed by atoms with Gasteiger partial charge in [-0.2, -0.15) is 5.10 Å². The number of anilines is 1. The van der Waals surface area contributed by atoms with Crippen molar-refractivity contribution in [3.8, 4) is 0 Å². The molecule has 0 saturated heterocycles. The van der Waals surface area contributed by atoms with Crippen LogP contribution in [0.15, 0.2) is 29.6 Å². The number of nitrogens with two attached hydrogens (primary N) is 1. The fourth-order valence-corrected chi connectivity index (χ4v) is 3.22. The second-order valence-electron chi connectivity index (χ2n) is 4.47. The third-order valence-corrected chi connectivity index (χ3v) is 4.18. The summed E-state index contributed by atoms with van der Waals surface area (Å²) < 4.78 is 0. The van der Waals surface area contributed by atoms with Crippen LogP contribution < -0.4 is 10.6 Å². The van der Waals surface area contributed by atoms with Gasteiger partial charge >= 0.3 is 0 Å². The minimum absolute atomic E-state index is 0.216. The molecule has 1 atom stereocenters. The van der Waals surface area contributed by atoms with Gasteiger partial charge in [0.05, 0.1) is 11.9 Å². The quantitative estimate of drug-likeness (QED) is 0.898. The molecule has 0 aromatic carbocycles. The van der Waals surface area contributed by atoms with Gasteiger partial charge in [-0.3, -0.25) is 10.00 Å². The molecule has 20 heavy (non-hydrogen) atoms. The van der Waals surface area contributed by atoms with Gasteiger partial charge in [0.2, 0.25) is 5.95 Å². The number of aryl methyl sites for hydroxylation is 1. The first-order valence-corrected chi connectivity index (χ1v) is 7.32. The number of H-pyrrole nitrogens is 1. The molecule has 0 bridgehead atoms. The maximum atomic E-state index is 6.23. The highest BCUT2D eigenvalue weighted by Gasteiger charge is 2.32. The summed E-state index contributed by atoms with van der Waals surface area (Å²) in [5.41, 5.74) is 9.03. The molecule has 0 saturated carbocycles. The average Bonchev–Trinajstić information content (AvgIpc) is 3.06. The summed E-state index contributed by atoms with van der Waals surface area (Å²) in [6, 6.07) is 1.92. The highest BCUT2D eigenvalue weighted by atomic mass is 32.2. The van der Waals surface area contributed by atoms with Gasteiger partial charge in [-0.05, 0) is 19.4 Å². The third kappa shape index (κ3) is 2.19. The van der Waals surface area contributed by atoms with Gasteiger partial charge in [-0.1, -0.05) is 18.7 Å². The van der Waals surface area contributed by atoms with Crippen LogP contribution in [0.2, 0.25) is 0 Å². The van der Waals surface area contributed by atoms with E-state index in [2.05, 4.69) is 34.0 Å². The van der Waals surface area contributed by atoms with Crippen LogP contribution in [0.3, 0.4) is 0 Å². The SMILES string of the molecule is CCc1ccnc(N2C(c3cn[nH]c3)=C(C)SC2N)n1. The van der Waals surface area contributed by atoms with E-state index in [1.165, 1.54) is 0 Å². The van der Waals surface area contributed by atoms with Crippen LogP contribution in [0, 0.1) is 0 Å². The topological polar surface area (TPSA) is 83.7 Å². The molecule has 1 aliphatic rings.